The smallest absolute Gasteiger partial charge is 0.119 e. The van der Waals surface area contributed by atoms with Gasteiger partial charge in [0.25, 0.3) is 0 Å². The predicted molar refractivity (Wildman–Crippen MR) is 122 cm³/mol. The summed E-state index contributed by atoms with van der Waals surface area (Å²) in [7, 11) is 0. The standard InChI is InChI=1S/C25H42O5/c1-3-5-6-7-8-9-10-24-11-13-25(14-12-24)30-23-22-29-21-20-28-19-18-27-17-16-26-15-4-2/h4,11-14H,2-3,5-10,15-23H2,1H3. The summed E-state index contributed by atoms with van der Waals surface area (Å²) in [6.45, 7) is 10.9. The molecule has 0 saturated carbocycles. The minimum Gasteiger partial charge on any atom is -0.491 e. The maximum absolute atomic E-state index is 5.73. The van der Waals surface area contributed by atoms with Crippen molar-refractivity contribution in [1.29, 1.82) is 0 Å². The minimum absolute atomic E-state index is 0.546. The van der Waals surface area contributed by atoms with Gasteiger partial charge in [-0.2, -0.15) is 0 Å². The van der Waals surface area contributed by atoms with Gasteiger partial charge in [0.05, 0.1) is 52.9 Å². The Balaban J connectivity index is 1.88. The molecule has 172 valence electrons. The fourth-order valence-corrected chi connectivity index (χ4v) is 2.91. The quantitative estimate of drug-likeness (QED) is 0.189. The van der Waals surface area contributed by atoms with Crippen molar-refractivity contribution < 1.29 is 23.7 Å². The van der Waals surface area contributed by atoms with Gasteiger partial charge in [-0.05, 0) is 30.5 Å². The van der Waals surface area contributed by atoms with Crippen LogP contribution in [0.5, 0.6) is 5.75 Å². The van der Waals surface area contributed by atoms with Crippen molar-refractivity contribution in [3.05, 3.63) is 42.5 Å². The number of rotatable bonds is 22. The number of unbranched alkanes of at least 4 members (excludes halogenated alkanes) is 5. The lowest BCUT2D eigenvalue weighted by Gasteiger charge is -2.09. The highest BCUT2D eigenvalue weighted by Gasteiger charge is 1.98. The Hall–Kier alpha value is -1.40. The van der Waals surface area contributed by atoms with Gasteiger partial charge in [0.1, 0.15) is 12.4 Å². The summed E-state index contributed by atoms with van der Waals surface area (Å²) < 4.78 is 27.3. The first-order chi connectivity index (χ1) is 14.9. The van der Waals surface area contributed by atoms with Gasteiger partial charge in [0.15, 0.2) is 0 Å². The summed E-state index contributed by atoms with van der Waals surface area (Å²) in [6, 6.07) is 8.45. The third kappa shape index (κ3) is 16.4. The molecule has 1 rings (SSSR count). The van der Waals surface area contributed by atoms with Crippen LogP contribution in [0.2, 0.25) is 0 Å². The third-order valence-electron chi connectivity index (χ3n) is 4.59. The molecule has 0 radical (unpaired) electrons. The number of aryl methyl sites for hydroxylation is 1. The molecule has 0 spiro atoms. The van der Waals surface area contributed by atoms with Gasteiger partial charge in [-0.1, -0.05) is 57.2 Å². The van der Waals surface area contributed by atoms with Gasteiger partial charge in [-0.15, -0.1) is 6.58 Å². The third-order valence-corrected chi connectivity index (χ3v) is 4.59. The number of hydrogen-bond donors (Lipinski definition) is 0. The van der Waals surface area contributed by atoms with Crippen LogP contribution >= 0.6 is 0 Å². The average Bonchev–Trinajstić information content (AvgIpc) is 2.77. The molecule has 0 amide bonds. The summed E-state index contributed by atoms with van der Waals surface area (Å²) in [5.74, 6) is 0.899. The van der Waals surface area contributed by atoms with Gasteiger partial charge in [-0.25, -0.2) is 0 Å². The molecule has 0 fully saturated rings. The van der Waals surface area contributed by atoms with Crippen LogP contribution < -0.4 is 4.74 Å². The zero-order chi connectivity index (χ0) is 21.5. The van der Waals surface area contributed by atoms with Crippen molar-refractivity contribution in [2.75, 3.05) is 59.5 Å². The zero-order valence-corrected chi connectivity index (χ0v) is 18.9. The second-order valence-corrected chi connectivity index (χ2v) is 7.21. The highest BCUT2D eigenvalue weighted by atomic mass is 16.6. The first-order valence-corrected chi connectivity index (χ1v) is 11.5. The van der Waals surface area contributed by atoms with Crippen LogP contribution in [-0.2, 0) is 25.4 Å². The van der Waals surface area contributed by atoms with Gasteiger partial charge in [-0.3, -0.25) is 0 Å². The lowest BCUT2D eigenvalue weighted by atomic mass is 10.0. The summed E-state index contributed by atoms with van der Waals surface area (Å²) in [6.07, 6.45) is 10.9. The molecule has 1 aromatic rings. The Labute approximate surface area is 183 Å². The van der Waals surface area contributed by atoms with Crippen LogP contribution in [0.4, 0.5) is 0 Å². The summed E-state index contributed by atoms with van der Waals surface area (Å²) in [4.78, 5) is 0. The van der Waals surface area contributed by atoms with Crippen molar-refractivity contribution >= 4 is 0 Å². The lowest BCUT2D eigenvalue weighted by Crippen LogP contribution is -2.13. The monoisotopic (exact) mass is 422 g/mol. The molecule has 0 N–H and O–H groups in total. The molecule has 0 aliphatic rings. The molecule has 0 aliphatic carbocycles. The summed E-state index contributed by atoms with van der Waals surface area (Å²) in [5, 5.41) is 0. The fourth-order valence-electron chi connectivity index (χ4n) is 2.91. The van der Waals surface area contributed by atoms with Crippen molar-refractivity contribution in [2.24, 2.45) is 0 Å². The minimum atomic E-state index is 0.546. The van der Waals surface area contributed by atoms with Crippen LogP contribution in [0.1, 0.15) is 51.0 Å². The Kier molecular flexibility index (Phi) is 18.5. The van der Waals surface area contributed by atoms with E-state index < -0.39 is 0 Å². The van der Waals surface area contributed by atoms with E-state index in [9.17, 15) is 0 Å². The van der Waals surface area contributed by atoms with Crippen LogP contribution in [0.25, 0.3) is 0 Å². The van der Waals surface area contributed by atoms with E-state index in [-0.39, 0.29) is 0 Å². The van der Waals surface area contributed by atoms with Crippen LogP contribution in [0.15, 0.2) is 36.9 Å². The SMILES string of the molecule is C=CCOCCOCCOCCOCCOc1ccc(CCCCCCCC)cc1. The Morgan fingerprint density at radius 3 is 1.80 bits per heavy atom. The van der Waals surface area contributed by atoms with Crippen LogP contribution in [0, 0.1) is 0 Å². The topological polar surface area (TPSA) is 46.2 Å². The highest BCUT2D eigenvalue weighted by molar-refractivity contribution is 5.27. The van der Waals surface area contributed by atoms with Crippen LogP contribution in [-0.4, -0.2) is 59.5 Å². The van der Waals surface area contributed by atoms with Gasteiger partial charge < -0.3 is 23.7 Å². The first-order valence-electron chi connectivity index (χ1n) is 11.5. The van der Waals surface area contributed by atoms with E-state index in [1.54, 1.807) is 6.08 Å². The average molecular weight is 423 g/mol. The highest BCUT2D eigenvalue weighted by Crippen LogP contribution is 2.15. The lowest BCUT2D eigenvalue weighted by molar-refractivity contribution is -0.00221. The Morgan fingerprint density at radius 1 is 0.667 bits per heavy atom. The maximum Gasteiger partial charge on any atom is 0.119 e. The van der Waals surface area contributed by atoms with E-state index in [2.05, 4.69) is 37.8 Å². The molecule has 0 atom stereocenters. The van der Waals surface area contributed by atoms with E-state index in [1.165, 1.54) is 44.1 Å². The second-order valence-electron chi connectivity index (χ2n) is 7.21. The molecule has 0 aromatic heterocycles. The van der Waals surface area contributed by atoms with Crippen molar-refractivity contribution in [2.45, 2.75) is 51.9 Å². The van der Waals surface area contributed by atoms with Crippen LogP contribution in [0.3, 0.4) is 0 Å². The number of hydrogen-bond acceptors (Lipinski definition) is 5. The molecule has 1 aromatic carbocycles. The Bertz CT molecular complexity index is 489. The van der Waals surface area contributed by atoms with Gasteiger partial charge >= 0.3 is 0 Å². The Morgan fingerprint density at radius 2 is 1.20 bits per heavy atom. The molecule has 0 bridgehead atoms. The predicted octanol–water partition coefficient (Wildman–Crippen LogP) is 5.22. The molecule has 0 saturated heterocycles. The first kappa shape index (κ1) is 26.6. The zero-order valence-electron chi connectivity index (χ0n) is 18.9. The molecular formula is C25H42O5. The number of ether oxygens (including phenoxy) is 5. The van der Waals surface area contributed by atoms with E-state index in [0.29, 0.717) is 59.5 Å². The maximum atomic E-state index is 5.73. The van der Waals surface area contributed by atoms with E-state index in [4.69, 9.17) is 23.7 Å². The molecule has 30 heavy (non-hydrogen) atoms. The van der Waals surface area contributed by atoms with Gasteiger partial charge in [0.2, 0.25) is 0 Å². The normalized spacial score (nSPS) is 11.0. The van der Waals surface area contributed by atoms with E-state index in [0.717, 1.165) is 12.2 Å². The number of benzene rings is 1. The largest absolute Gasteiger partial charge is 0.491 e. The molecule has 5 heteroatoms. The van der Waals surface area contributed by atoms with E-state index >= 15 is 0 Å². The molecule has 0 heterocycles. The van der Waals surface area contributed by atoms with E-state index in [1.807, 2.05) is 0 Å². The summed E-state index contributed by atoms with van der Waals surface area (Å²) >= 11 is 0. The molecular weight excluding hydrogens is 380 g/mol. The molecule has 0 aliphatic heterocycles. The molecule has 5 nitrogen and oxygen atoms in total. The molecule has 0 unspecified atom stereocenters. The second kappa shape index (κ2) is 20.9. The fraction of sp³-hybridized carbons (Fsp3) is 0.680. The van der Waals surface area contributed by atoms with Crippen molar-refractivity contribution in [3.63, 3.8) is 0 Å². The van der Waals surface area contributed by atoms with Gasteiger partial charge in [0, 0.05) is 0 Å². The van der Waals surface area contributed by atoms with Crippen molar-refractivity contribution in [3.8, 4) is 5.75 Å². The van der Waals surface area contributed by atoms with Crippen molar-refractivity contribution in [1.82, 2.24) is 0 Å². The summed E-state index contributed by atoms with van der Waals surface area (Å²) in [5.41, 5.74) is 1.39.